The summed E-state index contributed by atoms with van der Waals surface area (Å²) in [5.74, 6) is 0.509. The summed E-state index contributed by atoms with van der Waals surface area (Å²) < 4.78 is 0. The second kappa shape index (κ2) is 22.5. The van der Waals surface area contributed by atoms with E-state index >= 15 is 0 Å². The van der Waals surface area contributed by atoms with Crippen molar-refractivity contribution in [3.8, 4) is 0 Å². The molecule has 0 heterocycles. The van der Waals surface area contributed by atoms with Gasteiger partial charge in [0.2, 0.25) is 0 Å². The predicted molar refractivity (Wildman–Crippen MR) is 118 cm³/mol. The van der Waals surface area contributed by atoms with Crippen LogP contribution >= 0.6 is 0 Å². The molecule has 0 saturated carbocycles. The van der Waals surface area contributed by atoms with Gasteiger partial charge in [-0.15, -0.1) is 6.58 Å². The second-order valence-corrected chi connectivity index (χ2v) is 8.13. The molecule has 0 aromatic rings. The number of carbonyl (C=O) groups is 1. The Kier molecular flexibility index (Phi) is 21.9. The maximum absolute atomic E-state index is 11.9. The number of Topliss-reactive ketones (excluding diaryl/α,β-unsaturated/α-hetero) is 1. The summed E-state index contributed by atoms with van der Waals surface area (Å²) in [4.78, 5) is 11.9. The van der Waals surface area contributed by atoms with Crippen LogP contribution in [0.15, 0.2) is 12.7 Å². The molecule has 1 heteroatoms. The molecule has 0 amide bonds. The molecule has 1 nitrogen and oxygen atoms in total. The highest BCUT2D eigenvalue weighted by molar-refractivity contribution is 5.78. The first-order chi connectivity index (χ1) is 12.8. The van der Waals surface area contributed by atoms with Gasteiger partial charge in [-0.1, -0.05) is 109 Å². The van der Waals surface area contributed by atoms with Crippen LogP contribution in [0, 0.1) is 0 Å². The molecule has 0 aromatic carbocycles. The van der Waals surface area contributed by atoms with E-state index in [1.165, 1.54) is 109 Å². The molecule has 0 bridgehead atoms. The van der Waals surface area contributed by atoms with Crippen molar-refractivity contribution in [2.24, 2.45) is 0 Å². The molecule has 0 aliphatic carbocycles. The summed E-state index contributed by atoms with van der Waals surface area (Å²) in [6.07, 6.45) is 28.8. The van der Waals surface area contributed by atoms with Crippen molar-refractivity contribution in [1.29, 1.82) is 0 Å². The number of allylic oxidation sites excluding steroid dienone is 1. The lowest BCUT2D eigenvalue weighted by Gasteiger charge is -2.04. The van der Waals surface area contributed by atoms with Crippen LogP contribution in [0.5, 0.6) is 0 Å². The van der Waals surface area contributed by atoms with Crippen LogP contribution in [0.2, 0.25) is 0 Å². The minimum absolute atomic E-state index is 0.509. The van der Waals surface area contributed by atoms with Crippen molar-refractivity contribution in [2.75, 3.05) is 0 Å². The third-order valence-electron chi connectivity index (χ3n) is 5.42. The molecule has 0 aromatic heterocycles. The van der Waals surface area contributed by atoms with Gasteiger partial charge in [-0.2, -0.15) is 0 Å². The average Bonchev–Trinajstić information content (AvgIpc) is 2.64. The van der Waals surface area contributed by atoms with Crippen molar-refractivity contribution in [2.45, 2.75) is 142 Å². The van der Waals surface area contributed by atoms with Crippen LogP contribution in [0.3, 0.4) is 0 Å². The van der Waals surface area contributed by atoms with Gasteiger partial charge in [0.05, 0.1) is 0 Å². The Balaban J connectivity index is 3.13. The third kappa shape index (κ3) is 21.5. The lowest BCUT2D eigenvalue weighted by molar-refractivity contribution is -0.119. The molecule has 0 N–H and O–H groups in total. The van der Waals surface area contributed by atoms with Gasteiger partial charge in [0.15, 0.2) is 0 Å². The second-order valence-electron chi connectivity index (χ2n) is 8.13. The molecule has 0 aliphatic rings. The van der Waals surface area contributed by atoms with Gasteiger partial charge in [-0.25, -0.2) is 0 Å². The lowest BCUT2D eigenvalue weighted by atomic mass is 10.0. The van der Waals surface area contributed by atoms with Crippen molar-refractivity contribution in [3.63, 3.8) is 0 Å². The standard InChI is InChI=1S/C25H48O/c1-3-5-7-9-11-12-13-14-15-16-18-20-22-24-25(26)23-21-19-17-10-8-6-4-2/h3H,1,4-24H2,2H3. The number of unbranched alkanes of at least 4 members (excludes halogenated alkanes) is 17. The monoisotopic (exact) mass is 364 g/mol. The van der Waals surface area contributed by atoms with Crippen molar-refractivity contribution in [3.05, 3.63) is 12.7 Å². The molecular weight excluding hydrogens is 316 g/mol. The highest BCUT2D eigenvalue weighted by Gasteiger charge is 2.02. The normalized spacial score (nSPS) is 11.0. The van der Waals surface area contributed by atoms with Crippen LogP contribution in [0.25, 0.3) is 0 Å². The van der Waals surface area contributed by atoms with E-state index in [1.54, 1.807) is 0 Å². The molecule has 0 unspecified atom stereocenters. The summed E-state index contributed by atoms with van der Waals surface area (Å²) in [6, 6.07) is 0. The smallest absolute Gasteiger partial charge is 0.132 e. The molecule has 154 valence electrons. The zero-order valence-corrected chi connectivity index (χ0v) is 18.0. The van der Waals surface area contributed by atoms with Crippen molar-refractivity contribution < 1.29 is 4.79 Å². The van der Waals surface area contributed by atoms with Crippen molar-refractivity contribution in [1.82, 2.24) is 0 Å². The fourth-order valence-electron chi connectivity index (χ4n) is 3.61. The van der Waals surface area contributed by atoms with Gasteiger partial charge in [0, 0.05) is 12.8 Å². The Morgan fingerprint density at radius 1 is 0.577 bits per heavy atom. The summed E-state index contributed by atoms with van der Waals surface area (Å²) in [7, 11) is 0. The van der Waals surface area contributed by atoms with E-state index in [-0.39, 0.29) is 0 Å². The van der Waals surface area contributed by atoms with Crippen LogP contribution in [-0.2, 0) is 4.79 Å². The van der Waals surface area contributed by atoms with E-state index in [0.717, 1.165) is 25.7 Å². The van der Waals surface area contributed by atoms with Crippen LogP contribution in [-0.4, -0.2) is 5.78 Å². The quantitative estimate of drug-likeness (QED) is 0.138. The zero-order chi connectivity index (χ0) is 19.1. The van der Waals surface area contributed by atoms with Crippen molar-refractivity contribution >= 4 is 5.78 Å². The van der Waals surface area contributed by atoms with Crippen LogP contribution < -0.4 is 0 Å². The Morgan fingerprint density at radius 3 is 1.31 bits per heavy atom. The van der Waals surface area contributed by atoms with Gasteiger partial charge >= 0.3 is 0 Å². The average molecular weight is 365 g/mol. The largest absolute Gasteiger partial charge is 0.300 e. The highest BCUT2D eigenvalue weighted by atomic mass is 16.1. The zero-order valence-electron chi connectivity index (χ0n) is 18.0. The van der Waals surface area contributed by atoms with E-state index in [1.807, 2.05) is 6.08 Å². The van der Waals surface area contributed by atoms with E-state index < -0.39 is 0 Å². The maximum atomic E-state index is 11.9. The number of hydrogen-bond donors (Lipinski definition) is 0. The fourth-order valence-corrected chi connectivity index (χ4v) is 3.61. The van der Waals surface area contributed by atoms with E-state index in [9.17, 15) is 4.79 Å². The molecule has 0 saturated heterocycles. The van der Waals surface area contributed by atoms with Gasteiger partial charge in [0.1, 0.15) is 5.78 Å². The maximum Gasteiger partial charge on any atom is 0.132 e. The fraction of sp³-hybridized carbons (Fsp3) is 0.880. The van der Waals surface area contributed by atoms with Crippen LogP contribution in [0.4, 0.5) is 0 Å². The summed E-state index contributed by atoms with van der Waals surface area (Å²) in [5, 5.41) is 0. The Bertz CT molecular complexity index is 295. The summed E-state index contributed by atoms with van der Waals surface area (Å²) in [5.41, 5.74) is 0. The van der Waals surface area contributed by atoms with Gasteiger partial charge in [0.25, 0.3) is 0 Å². The van der Waals surface area contributed by atoms with E-state index in [0.29, 0.717) is 5.78 Å². The van der Waals surface area contributed by atoms with Crippen LogP contribution in [0.1, 0.15) is 142 Å². The molecule has 0 aliphatic heterocycles. The SMILES string of the molecule is C=CCCCCCCCCCCCCCC(=O)CCCCCCCCC. The number of carbonyl (C=O) groups excluding carboxylic acids is 1. The van der Waals surface area contributed by atoms with Gasteiger partial charge < -0.3 is 0 Å². The van der Waals surface area contributed by atoms with E-state index in [2.05, 4.69) is 13.5 Å². The Labute approximate surface area is 165 Å². The molecule has 0 atom stereocenters. The van der Waals surface area contributed by atoms with E-state index in [4.69, 9.17) is 0 Å². The van der Waals surface area contributed by atoms with Gasteiger partial charge in [-0.05, 0) is 25.7 Å². The Hall–Kier alpha value is -0.590. The molecule has 26 heavy (non-hydrogen) atoms. The number of hydrogen-bond acceptors (Lipinski definition) is 1. The molecular formula is C25H48O. The number of rotatable bonds is 22. The summed E-state index contributed by atoms with van der Waals surface area (Å²) in [6.45, 7) is 6.02. The molecule has 0 radical (unpaired) electrons. The molecule has 0 spiro atoms. The first-order valence-corrected chi connectivity index (χ1v) is 11.9. The Morgan fingerprint density at radius 2 is 0.923 bits per heavy atom. The highest BCUT2D eigenvalue weighted by Crippen LogP contribution is 2.14. The molecule has 0 fully saturated rings. The first kappa shape index (κ1) is 25.4. The summed E-state index contributed by atoms with van der Waals surface area (Å²) >= 11 is 0. The lowest BCUT2D eigenvalue weighted by Crippen LogP contribution is -1.97. The topological polar surface area (TPSA) is 17.1 Å². The first-order valence-electron chi connectivity index (χ1n) is 11.9. The van der Waals surface area contributed by atoms with Gasteiger partial charge in [-0.3, -0.25) is 4.79 Å². The number of ketones is 1. The minimum Gasteiger partial charge on any atom is -0.300 e. The third-order valence-corrected chi connectivity index (χ3v) is 5.42. The minimum atomic E-state index is 0.509. The molecule has 0 rings (SSSR count). The predicted octanol–water partition coefficient (Wildman–Crippen LogP) is 8.95.